The number of thiazole rings is 1. The highest BCUT2D eigenvalue weighted by molar-refractivity contribution is 7.15. The van der Waals surface area contributed by atoms with E-state index in [4.69, 9.17) is 14.6 Å². The van der Waals surface area contributed by atoms with Crippen LogP contribution < -0.4 is 19.8 Å². The van der Waals surface area contributed by atoms with Gasteiger partial charge in [0.15, 0.2) is 17.4 Å². The molecule has 0 spiro atoms. The van der Waals surface area contributed by atoms with Crippen molar-refractivity contribution in [2.75, 3.05) is 51.8 Å². The highest BCUT2D eigenvalue weighted by atomic mass is 32.1. The van der Waals surface area contributed by atoms with Gasteiger partial charge >= 0.3 is 0 Å². The molecule has 5 aromatic rings. The van der Waals surface area contributed by atoms with E-state index < -0.39 is 5.82 Å². The predicted octanol–water partition coefficient (Wildman–Crippen LogP) is 4.29. The van der Waals surface area contributed by atoms with Gasteiger partial charge in [-0.3, -0.25) is 4.79 Å². The van der Waals surface area contributed by atoms with Gasteiger partial charge in [-0.25, -0.2) is 8.91 Å². The predicted molar refractivity (Wildman–Crippen MR) is 150 cm³/mol. The number of piperazine rings is 1. The first kappa shape index (κ1) is 24.1. The maximum absolute atomic E-state index is 15.7. The average Bonchev–Trinajstić information content (AvgIpc) is 3.54. The molecule has 2 aliphatic rings. The van der Waals surface area contributed by atoms with E-state index in [2.05, 4.69) is 16.9 Å². The van der Waals surface area contributed by atoms with Crippen LogP contribution in [0.3, 0.4) is 0 Å². The molecular formula is C28H27FN6O3S. The third-order valence-electron chi connectivity index (χ3n) is 7.67. The van der Waals surface area contributed by atoms with E-state index in [-0.39, 0.29) is 16.9 Å². The molecule has 1 fully saturated rings. The lowest BCUT2D eigenvalue weighted by Crippen LogP contribution is -2.45. The Morgan fingerprint density at radius 1 is 1.15 bits per heavy atom. The molecule has 2 aliphatic heterocycles. The normalized spacial score (nSPS) is 17.6. The molecule has 200 valence electrons. The van der Waals surface area contributed by atoms with Gasteiger partial charge in [0.1, 0.15) is 18.0 Å². The van der Waals surface area contributed by atoms with E-state index >= 15 is 4.39 Å². The fourth-order valence-electron chi connectivity index (χ4n) is 5.45. The monoisotopic (exact) mass is 546 g/mol. The van der Waals surface area contributed by atoms with Crippen molar-refractivity contribution in [1.82, 2.24) is 24.1 Å². The van der Waals surface area contributed by atoms with Gasteiger partial charge in [0.2, 0.25) is 10.4 Å². The van der Waals surface area contributed by atoms with Crippen LogP contribution in [0.2, 0.25) is 0 Å². The van der Waals surface area contributed by atoms with Crippen molar-refractivity contribution in [3.8, 4) is 34.1 Å². The molecule has 7 rings (SSSR count). The maximum Gasteiger partial charge on any atom is 0.213 e. The molecule has 5 heterocycles. The second kappa shape index (κ2) is 9.06. The van der Waals surface area contributed by atoms with Crippen LogP contribution in [0.25, 0.3) is 38.5 Å². The molecule has 0 radical (unpaired) electrons. The largest absolute Gasteiger partial charge is 0.497 e. The first-order valence-electron chi connectivity index (χ1n) is 12.9. The molecular weight excluding hydrogens is 519 g/mol. The van der Waals surface area contributed by atoms with Crippen molar-refractivity contribution in [1.29, 1.82) is 0 Å². The van der Waals surface area contributed by atoms with E-state index in [9.17, 15) is 4.79 Å². The lowest BCUT2D eigenvalue weighted by molar-refractivity contribution is 0.245. The van der Waals surface area contributed by atoms with Gasteiger partial charge in [-0.15, -0.1) is 16.4 Å². The van der Waals surface area contributed by atoms with Crippen LogP contribution in [0, 0.1) is 5.82 Å². The van der Waals surface area contributed by atoms with Gasteiger partial charge in [0.05, 0.1) is 35.3 Å². The van der Waals surface area contributed by atoms with Crippen molar-refractivity contribution in [2.24, 2.45) is 0 Å². The fraction of sp³-hybridized carbons (Fsp3) is 0.321. The number of fused-ring (bicyclic) bond motifs is 1. The zero-order valence-electron chi connectivity index (χ0n) is 21.8. The van der Waals surface area contributed by atoms with Crippen LogP contribution in [0.5, 0.6) is 11.5 Å². The molecule has 0 aliphatic carbocycles. The summed E-state index contributed by atoms with van der Waals surface area (Å²) in [5.74, 6) is 1.08. The summed E-state index contributed by atoms with van der Waals surface area (Å²) in [6.07, 6.45) is 1.81. The second-order valence-corrected chi connectivity index (χ2v) is 11.0. The zero-order chi connectivity index (χ0) is 26.8. The Bertz CT molecular complexity index is 1790. The molecule has 39 heavy (non-hydrogen) atoms. The Balaban J connectivity index is 1.38. The Morgan fingerprint density at radius 3 is 2.67 bits per heavy atom. The Kier molecular flexibility index (Phi) is 5.60. The molecule has 0 amide bonds. The van der Waals surface area contributed by atoms with E-state index in [1.807, 2.05) is 46.0 Å². The van der Waals surface area contributed by atoms with Crippen LogP contribution >= 0.6 is 11.3 Å². The summed E-state index contributed by atoms with van der Waals surface area (Å²) < 4.78 is 30.9. The second-order valence-electron chi connectivity index (χ2n) is 10.1. The van der Waals surface area contributed by atoms with Gasteiger partial charge in [0, 0.05) is 43.3 Å². The lowest BCUT2D eigenvalue weighted by atomic mass is 10.0. The number of likely N-dealkylation sites (N-methyl/N-ethyl adjacent to an activating group) is 1. The summed E-state index contributed by atoms with van der Waals surface area (Å²) >= 11 is 1.45. The van der Waals surface area contributed by atoms with Crippen LogP contribution in [-0.2, 0) is 0 Å². The minimum Gasteiger partial charge on any atom is -0.497 e. The maximum atomic E-state index is 15.7. The highest BCUT2D eigenvalue weighted by Gasteiger charge is 2.31. The first-order chi connectivity index (χ1) is 18.9. The number of ether oxygens (including phenoxy) is 2. The first-order valence-corrected chi connectivity index (χ1v) is 13.8. The zero-order valence-corrected chi connectivity index (χ0v) is 22.7. The van der Waals surface area contributed by atoms with Crippen molar-refractivity contribution in [3.63, 3.8) is 0 Å². The SMILES string of the molecule is COc1ccc(-c2csc3nc(-c4cn5c6c(c(N7CCN(C)CC7)c(F)cc6c4=O)OCC5C)nn23)cc1. The Labute approximate surface area is 227 Å². The number of pyridine rings is 1. The van der Waals surface area contributed by atoms with Gasteiger partial charge in [-0.05, 0) is 44.3 Å². The quantitative estimate of drug-likeness (QED) is 0.333. The molecule has 1 atom stereocenters. The topological polar surface area (TPSA) is 77.1 Å². The standard InChI is InChI=1S/C28H27FN6O3S/c1-16-14-38-26-23-19(12-21(29)24(26)33-10-8-32(2)9-11-33)25(36)20(13-34(16)23)27-30-28-35(31-27)22(15-39-28)17-4-6-18(37-3)7-5-17/h4-7,12-13,15-16H,8-11,14H2,1-3H3. The van der Waals surface area contributed by atoms with Gasteiger partial charge in [0.25, 0.3) is 0 Å². The molecule has 0 bridgehead atoms. The number of hydrogen-bond donors (Lipinski definition) is 0. The molecule has 0 N–H and O–H groups in total. The fourth-order valence-corrected chi connectivity index (χ4v) is 6.28. The van der Waals surface area contributed by atoms with Crippen LogP contribution in [0.15, 0.2) is 46.7 Å². The smallest absolute Gasteiger partial charge is 0.213 e. The van der Waals surface area contributed by atoms with Crippen molar-refractivity contribution in [2.45, 2.75) is 13.0 Å². The molecule has 9 nitrogen and oxygen atoms in total. The summed E-state index contributed by atoms with van der Waals surface area (Å²) in [5.41, 5.74) is 2.91. The number of methoxy groups -OCH3 is 1. The van der Waals surface area contributed by atoms with Crippen LogP contribution in [0.1, 0.15) is 13.0 Å². The molecule has 0 saturated carbocycles. The van der Waals surface area contributed by atoms with Crippen molar-refractivity contribution in [3.05, 3.63) is 57.9 Å². The summed E-state index contributed by atoms with van der Waals surface area (Å²) in [5, 5.41) is 6.99. The van der Waals surface area contributed by atoms with Crippen LogP contribution in [0.4, 0.5) is 10.1 Å². The number of anilines is 1. The summed E-state index contributed by atoms with van der Waals surface area (Å²) in [7, 11) is 3.69. The minimum absolute atomic E-state index is 0.0521. The Morgan fingerprint density at radius 2 is 1.92 bits per heavy atom. The number of benzene rings is 2. The van der Waals surface area contributed by atoms with Gasteiger partial charge < -0.3 is 23.8 Å². The van der Waals surface area contributed by atoms with Crippen molar-refractivity contribution < 1.29 is 13.9 Å². The number of halogens is 1. The lowest BCUT2D eigenvalue weighted by Gasteiger charge is -2.37. The van der Waals surface area contributed by atoms with E-state index in [1.165, 1.54) is 17.4 Å². The Hall–Kier alpha value is -3.96. The summed E-state index contributed by atoms with van der Waals surface area (Å²) in [4.78, 5) is 23.4. The number of rotatable bonds is 4. The summed E-state index contributed by atoms with van der Waals surface area (Å²) in [6.45, 7) is 5.46. The summed E-state index contributed by atoms with van der Waals surface area (Å²) in [6, 6.07) is 9.01. The highest BCUT2D eigenvalue weighted by Crippen LogP contribution is 2.42. The molecule has 1 saturated heterocycles. The minimum atomic E-state index is -0.446. The number of hydrogen-bond acceptors (Lipinski definition) is 8. The van der Waals surface area contributed by atoms with Gasteiger partial charge in [-0.2, -0.15) is 4.98 Å². The molecule has 3 aromatic heterocycles. The van der Waals surface area contributed by atoms with Crippen molar-refractivity contribution >= 4 is 32.9 Å². The number of nitrogens with zero attached hydrogens (tertiary/aromatic N) is 6. The van der Waals surface area contributed by atoms with Crippen LogP contribution in [-0.4, -0.2) is 71.0 Å². The van der Waals surface area contributed by atoms with E-state index in [1.54, 1.807) is 17.8 Å². The van der Waals surface area contributed by atoms with E-state index in [0.717, 1.165) is 30.1 Å². The molecule has 11 heteroatoms. The van der Waals surface area contributed by atoms with Gasteiger partial charge in [-0.1, -0.05) is 0 Å². The van der Waals surface area contributed by atoms with E-state index in [0.29, 0.717) is 53.0 Å². The molecule has 1 unspecified atom stereocenters. The third-order valence-corrected chi connectivity index (χ3v) is 8.49. The molecule has 2 aromatic carbocycles. The third kappa shape index (κ3) is 3.79. The average molecular weight is 547 g/mol. The number of aromatic nitrogens is 4.